The summed E-state index contributed by atoms with van der Waals surface area (Å²) in [6.45, 7) is 8.65. The maximum Gasteiger partial charge on any atom is 0.416 e. The topological polar surface area (TPSA) is 74.3 Å². The van der Waals surface area contributed by atoms with E-state index in [0.29, 0.717) is 30.2 Å². The molecule has 0 radical (unpaired) electrons. The lowest BCUT2D eigenvalue weighted by molar-refractivity contribution is -0.151. The van der Waals surface area contributed by atoms with E-state index in [2.05, 4.69) is 15.1 Å². The van der Waals surface area contributed by atoms with Gasteiger partial charge < -0.3 is 24.6 Å². The second kappa shape index (κ2) is 15.1. The largest absolute Gasteiger partial charge is 0.477 e. The summed E-state index contributed by atoms with van der Waals surface area (Å²) in [6.07, 6.45) is -4.48. The fourth-order valence-corrected chi connectivity index (χ4v) is 7.30. The second-order valence-electron chi connectivity index (χ2n) is 12.2. The van der Waals surface area contributed by atoms with Crippen LogP contribution >= 0.6 is 11.8 Å². The molecule has 2 heterocycles. The number of benzene rings is 4. The van der Waals surface area contributed by atoms with Gasteiger partial charge in [0.1, 0.15) is 12.4 Å². The number of rotatable bonds is 11. The molecular formula is C37H39F3N4O4S. The molecular weight excluding hydrogens is 653 g/mol. The number of hydrogen-bond acceptors (Lipinski definition) is 8. The first-order chi connectivity index (χ1) is 23.6. The Morgan fingerprint density at radius 3 is 2.31 bits per heavy atom. The fraction of sp³-hybridized carbons (Fsp3) is 0.351. The third-order valence-electron chi connectivity index (χ3n) is 8.75. The summed E-state index contributed by atoms with van der Waals surface area (Å²) in [7, 11) is 0. The molecule has 258 valence electrons. The monoisotopic (exact) mass is 692 g/mol. The molecule has 1 saturated heterocycles. The summed E-state index contributed by atoms with van der Waals surface area (Å²) in [5.74, 6) is -0.326. The molecule has 0 aliphatic carbocycles. The van der Waals surface area contributed by atoms with Crippen LogP contribution in [0.25, 0.3) is 10.8 Å². The maximum atomic E-state index is 13.6. The van der Waals surface area contributed by atoms with Crippen molar-refractivity contribution >= 4 is 51.5 Å². The Bertz CT molecular complexity index is 1810. The number of esters is 1. The molecule has 0 aromatic heterocycles. The van der Waals surface area contributed by atoms with Crippen LogP contribution in [0.15, 0.2) is 88.7 Å². The number of halogens is 3. The Kier molecular flexibility index (Phi) is 10.7. The number of hydrogen-bond donors (Lipinski definition) is 1. The summed E-state index contributed by atoms with van der Waals surface area (Å²) < 4.78 is 52.2. The Morgan fingerprint density at radius 2 is 1.55 bits per heavy atom. The zero-order valence-corrected chi connectivity index (χ0v) is 28.3. The lowest BCUT2D eigenvalue weighted by atomic mass is 10.1. The molecule has 1 unspecified atom stereocenters. The van der Waals surface area contributed by atoms with E-state index in [1.165, 1.54) is 24.8 Å². The molecule has 12 heteroatoms. The predicted molar refractivity (Wildman–Crippen MR) is 186 cm³/mol. The van der Waals surface area contributed by atoms with Crippen molar-refractivity contribution in [1.82, 2.24) is 9.80 Å². The van der Waals surface area contributed by atoms with E-state index in [1.54, 1.807) is 19.1 Å². The third-order valence-corrected chi connectivity index (χ3v) is 9.88. The van der Waals surface area contributed by atoms with E-state index in [4.69, 9.17) is 9.47 Å². The zero-order valence-electron chi connectivity index (χ0n) is 27.5. The number of anilines is 3. The van der Waals surface area contributed by atoms with Crippen LogP contribution in [0.2, 0.25) is 0 Å². The standard InChI is InChI=1S/C37H39F3N4O4S/c1-25(48-32-14-12-27-8-3-4-9-29(27)35(32)41-26(2)45)36(46)47-23-22-43-20-18-42(19-21-43)16-7-17-44-30-10-5-6-11-33(30)49-34-15-13-28(24-31(34)44)37(38,39)40/h3-6,8-15,24-25H,7,16-23H2,1-2H3,(H,41,45). The number of nitrogens with zero attached hydrogens (tertiary/aromatic N) is 3. The van der Waals surface area contributed by atoms with Crippen LogP contribution in [0.3, 0.4) is 0 Å². The minimum atomic E-state index is -4.40. The predicted octanol–water partition coefficient (Wildman–Crippen LogP) is 7.44. The lowest BCUT2D eigenvalue weighted by Crippen LogP contribution is -2.48. The molecule has 4 aromatic rings. The normalized spacial score (nSPS) is 15.7. The zero-order chi connectivity index (χ0) is 34.5. The van der Waals surface area contributed by atoms with Gasteiger partial charge in [-0.05, 0) is 61.7 Å². The molecule has 2 aliphatic rings. The Balaban J connectivity index is 0.957. The van der Waals surface area contributed by atoms with Gasteiger partial charge in [0, 0.05) is 61.4 Å². The second-order valence-corrected chi connectivity index (χ2v) is 13.3. The number of nitrogens with one attached hydrogen (secondary N) is 1. The number of para-hydroxylation sites is 1. The first kappa shape index (κ1) is 34.6. The van der Waals surface area contributed by atoms with Crippen molar-refractivity contribution < 1.29 is 32.2 Å². The highest BCUT2D eigenvalue weighted by Crippen LogP contribution is 2.49. The van der Waals surface area contributed by atoms with Crippen molar-refractivity contribution in [3.05, 3.63) is 84.4 Å². The van der Waals surface area contributed by atoms with Gasteiger partial charge in [-0.15, -0.1) is 0 Å². The van der Waals surface area contributed by atoms with Gasteiger partial charge in [-0.3, -0.25) is 9.69 Å². The van der Waals surface area contributed by atoms with E-state index in [-0.39, 0.29) is 12.5 Å². The van der Waals surface area contributed by atoms with Crippen molar-refractivity contribution in [3.8, 4) is 5.75 Å². The molecule has 49 heavy (non-hydrogen) atoms. The van der Waals surface area contributed by atoms with Gasteiger partial charge in [-0.25, -0.2) is 4.79 Å². The molecule has 8 nitrogen and oxygen atoms in total. The summed E-state index contributed by atoms with van der Waals surface area (Å²) >= 11 is 1.50. The van der Waals surface area contributed by atoms with Gasteiger partial charge in [0.2, 0.25) is 5.91 Å². The molecule has 1 N–H and O–H groups in total. The molecule has 1 atom stereocenters. The number of carbonyl (C=O) groups excluding carboxylic acids is 2. The lowest BCUT2D eigenvalue weighted by Gasteiger charge is -2.36. The average molecular weight is 693 g/mol. The van der Waals surface area contributed by atoms with E-state index >= 15 is 0 Å². The number of piperazine rings is 1. The van der Waals surface area contributed by atoms with Gasteiger partial charge >= 0.3 is 12.1 Å². The number of carbonyl (C=O) groups is 2. The van der Waals surface area contributed by atoms with Crippen molar-refractivity contribution in [2.45, 2.75) is 42.3 Å². The highest BCUT2D eigenvalue weighted by molar-refractivity contribution is 7.99. The summed E-state index contributed by atoms with van der Waals surface area (Å²) in [5, 5.41) is 4.58. The van der Waals surface area contributed by atoms with Crippen LogP contribution in [-0.4, -0.2) is 80.2 Å². The van der Waals surface area contributed by atoms with Gasteiger partial charge in [-0.1, -0.05) is 54.2 Å². The number of alkyl halides is 3. The van der Waals surface area contributed by atoms with Gasteiger partial charge in [-0.2, -0.15) is 13.2 Å². The maximum absolute atomic E-state index is 13.6. The SMILES string of the molecule is CC(=O)Nc1c(OC(C)C(=O)OCCN2CCN(CCCN3c4ccccc4Sc4ccc(C(F)(F)F)cc43)CC2)ccc2ccccc12. The number of amides is 1. The molecule has 0 spiro atoms. The number of ether oxygens (including phenoxy) is 2. The molecule has 0 bridgehead atoms. The first-order valence-corrected chi connectivity index (χ1v) is 17.2. The molecule has 1 amide bonds. The Morgan fingerprint density at radius 1 is 0.857 bits per heavy atom. The van der Waals surface area contributed by atoms with Crippen molar-refractivity contribution in [1.29, 1.82) is 0 Å². The van der Waals surface area contributed by atoms with E-state index < -0.39 is 23.8 Å². The smallest absolute Gasteiger partial charge is 0.416 e. The first-order valence-electron chi connectivity index (χ1n) is 16.4. The third kappa shape index (κ3) is 8.31. The summed E-state index contributed by atoms with van der Waals surface area (Å²) in [5.41, 5.74) is 1.41. The molecule has 4 aromatic carbocycles. The van der Waals surface area contributed by atoms with Gasteiger partial charge in [0.15, 0.2) is 6.10 Å². The van der Waals surface area contributed by atoms with E-state index in [9.17, 15) is 22.8 Å². The van der Waals surface area contributed by atoms with Crippen LogP contribution in [0.4, 0.5) is 30.2 Å². The fourth-order valence-electron chi connectivity index (χ4n) is 6.22. The van der Waals surface area contributed by atoms with Gasteiger partial charge in [0.25, 0.3) is 0 Å². The van der Waals surface area contributed by atoms with E-state index in [1.807, 2.05) is 59.5 Å². The quantitative estimate of drug-likeness (QED) is 0.163. The average Bonchev–Trinajstić information content (AvgIpc) is 3.08. The Labute approximate surface area is 288 Å². The van der Waals surface area contributed by atoms with Crippen LogP contribution < -0.4 is 15.0 Å². The van der Waals surface area contributed by atoms with E-state index in [0.717, 1.165) is 71.5 Å². The van der Waals surface area contributed by atoms with Crippen molar-refractivity contribution in [2.75, 3.05) is 62.6 Å². The highest BCUT2D eigenvalue weighted by atomic mass is 32.2. The minimum absolute atomic E-state index is 0.231. The van der Waals surface area contributed by atoms with Crippen LogP contribution in [-0.2, 0) is 20.5 Å². The molecule has 1 fully saturated rings. The minimum Gasteiger partial charge on any atom is -0.477 e. The molecule has 2 aliphatic heterocycles. The summed E-state index contributed by atoms with van der Waals surface area (Å²) in [4.78, 5) is 33.2. The van der Waals surface area contributed by atoms with Crippen molar-refractivity contribution in [2.24, 2.45) is 0 Å². The summed E-state index contributed by atoms with van der Waals surface area (Å²) in [6, 6.07) is 23.1. The molecule has 6 rings (SSSR count). The molecule has 0 saturated carbocycles. The van der Waals surface area contributed by atoms with Crippen LogP contribution in [0.1, 0.15) is 25.8 Å². The number of fused-ring (bicyclic) bond motifs is 3. The van der Waals surface area contributed by atoms with Crippen LogP contribution in [0, 0.1) is 0 Å². The highest BCUT2D eigenvalue weighted by Gasteiger charge is 2.33. The van der Waals surface area contributed by atoms with Crippen molar-refractivity contribution in [3.63, 3.8) is 0 Å². The van der Waals surface area contributed by atoms with Gasteiger partial charge in [0.05, 0.1) is 22.6 Å². The van der Waals surface area contributed by atoms with Crippen LogP contribution in [0.5, 0.6) is 5.75 Å². The Hall–Kier alpha value is -4.26.